The van der Waals surface area contributed by atoms with Gasteiger partial charge in [0.15, 0.2) is 0 Å². The van der Waals surface area contributed by atoms with Gasteiger partial charge in [0.2, 0.25) is 0 Å². The molecule has 234 valence electrons. The van der Waals surface area contributed by atoms with Gasteiger partial charge in [0, 0.05) is 12.3 Å². The van der Waals surface area contributed by atoms with E-state index in [1.165, 1.54) is 12.8 Å². The minimum atomic E-state index is -5.45. The third-order valence-corrected chi connectivity index (χ3v) is 10.7. The lowest BCUT2D eigenvalue weighted by atomic mass is 9.51. The predicted octanol–water partition coefficient (Wildman–Crippen LogP) is 9.84. The normalized spacial score (nSPS) is 29.8. The summed E-state index contributed by atoms with van der Waals surface area (Å²) < 4.78 is 78.4. The zero-order valence-corrected chi connectivity index (χ0v) is 24.8. The number of fused-ring (bicyclic) bond motifs is 5. The van der Waals surface area contributed by atoms with Gasteiger partial charge in [-0.2, -0.15) is 22.0 Å². The molecule has 0 aliphatic heterocycles. The number of unbranched alkanes of at least 4 members (excludes halogenated alkanes) is 6. The lowest BCUT2D eigenvalue weighted by molar-refractivity contribution is -0.284. The fourth-order valence-electron chi connectivity index (χ4n) is 8.54. The van der Waals surface area contributed by atoms with Crippen molar-refractivity contribution in [3.63, 3.8) is 0 Å². The summed E-state index contributed by atoms with van der Waals surface area (Å²) in [4.78, 5) is 2.27. The third kappa shape index (κ3) is 7.75. The minimum Gasteiger partial charge on any atom is -0.508 e. The first-order valence-electron chi connectivity index (χ1n) is 15.9. The van der Waals surface area contributed by atoms with Gasteiger partial charge in [0.1, 0.15) is 11.9 Å². The van der Waals surface area contributed by atoms with E-state index in [0.29, 0.717) is 37.0 Å². The van der Waals surface area contributed by atoms with Crippen molar-refractivity contribution >= 4 is 0 Å². The van der Waals surface area contributed by atoms with Crippen LogP contribution in [0.25, 0.3) is 0 Å². The van der Waals surface area contributed by atoms with Gasteiger partial charge in [-0.15, -0.1) is 0 Å². The molecule has 2 nitrogen and oxygen atoms in total. The molecule has 4 rings (SSSR count). The molecule has 3 aliphatic rings. The van der Waals surface area contributed by atoms with Gasteiger partial charge in [-0.3, -0.25) is 0 Å². The number of halogens is 6. The summed E-state index contributed by atoms with van der Waals surface area (Å²) in [7, 11) is 2.07. The van der Waals surface area contributed by atoms with Crippen LogP contribution in [-0.2, 0) is 6.42 Å². The van der Waals surface area contributed by atoms with E-state index in [-0.39, 0.29) is 23.5 Å². The van der Waals surface area contributed by atoms with Gasteiger partial charge in [0.25, 0.3) is 0 Å². The van der Waals surface area contributed by atoms with E-state index < -0.39 is 24.7 Å². The van der Waals surface area contributed by atoms with Gasteiger partial charge < -0.3 is 10.0 Å². The van der Waals surface area contributed by atoms with E-state index in [9.17, 15) is 27.1 Å². The molecule has 1 aromatic carbocycles. The number of phenols is 1. The molecular formula is C33H49F6NO. The van der Waals surface area contributed by atoms with Crippen molar-refractivity contribution in [2.45, 2.75) is 127 Å². The van der Waals surface area contributed by atoms with E-state index in [1.807, 2.05) is 12.1 Å². The Morgan fingerprint density at radius 1 is 0.951 bits per heavy atom. The van der Waals surface area contributed by atoms with E-state index >= 15 is 4.39 Å². The molecule has 41 heavy (non-hydrogen) atoms. The zero-order chi connectivity index (χ0) is 29.8. The van der Waals surface area contributed by atoms with Crippen LogP contribution in [0, 0.1) is 23.2 Å². The van der Waals surface area contributed by atoms with Crippen molar-refractivity contribution in [3.05, 3.63) is 29.3 Å². The molecular weight excluding hydrogens is 540 g/mol. The number of alkyl halides is 6. The second-order valence-corrected chi connectivity index (χ2v) is 13.7. The Kier molecular flexibility index (Phi) is 10.7. The fraction of sp³-hybridized carbons (Fsp3) is 0.818. The molecule has 2 saturated carbocycles. The van der Waals surface area contributed by atoms with Gasteiger partial charge >= 0.3 is 12.1 Å². The maximum atomic E-state index is 15.8. The van der Waals surface area contributed by atoms with Crippen molar-refractivity contribution in [1.29, 1.82) is 0 Å². The van der Waals surface area contributed by atoms with Gasteiger partial charge in [-0.1, -0.05) is 51.5 Å². The molecule has 0 amide bonds. The maximum absolute atomic E-state index is 15.8. The Labute approximate surface area is 242 Å². The summed E-state index contributed by atoms with van der Waals surface area (Å²) in [5.74, 6) is -2.95. The van der Waals surface area contributed by atoms with Crippen LogP contribution in [0.5, 0.6) is 5.75 Å². The van der Waals surface area contributed by atoms with Crippen LogP contribution in [0.2, 0.25) is 0 Å². The highest BCUT2D eigenvalue weighted by Crippen LogP contribution is 2.63. The molecule has 0 heterocycles. The summed E-state index contributed by atoms with van der Waals surface area (Å²) in [6.07, 6.45) is 4.83. The summed E-state index contributed by atoms with van der Waals surface area (Å²) in [5, 5.41) is 10.1. The Morgan fingerprint density at radius 2 is 1.61 bits per heavy atom. The lowest BCUT2D eigenvalue weighted by Gasteiger charge is -2.53. The van der Waals surface area contributed by atoms with Crippen molar-refractivity contribution < 1.29 is 31.4 Å². The summed E-state index contributed by atoms with van der Waals surface area (Å²) in [6.45, 7) is 4.18. The molecule has 4 unspecified atom stereocenters. The molecule has 0 bridgehead atoms. The predicted molar refractivity (Wildman–Crippen MR) is 151 cm³/mol. The molecule has 2 fully saturated rings. The number of hydrogen-bond acceptors (Lipinski definition) is 2. The van der Waals surface area contributed by atoms with Crippen LogP contribution in [-0.4, -0.2) is 48.4 Å². The van der Waals surface area contributed by atoms with Crippen LogP contribution in [0.3, 0.4) is 0 Å². The Bertz CT molecular complexity index is 983. The standard InChI is InChI=1S/C33H49F6NO/c1-31-16-11-13-27(31)29-23(20-24-21-25(41)14-15-26(24)30(29)28(34)22-31)12-7-6-10-19-40(2)18-9-5-3-4-8-17-32(35,36)33(37,38)39/h14-15,21,23,27-30,41H,3-13,16-20,22H2,1-2H3/t23?,27?,28-,29?,30?,31-/m0/s1. The molecule has 8 heteroatoms. The van der Waals surface area contributed by atoms with Crippen LogP contribution in [0.15, 0.2) is 18.2 Å². The number of phenolic OH excluding ortho intramolecular Hbond substituents is 1. The quantitative estimate of drug-likeness (QED) is 0.172. The molecule has 1 aromatic rings. The third-order valence-electron chi connectivity index (χ3n) is 10.7. The maximum Gasteiger partial charge on any atom is 0.453 e. The number of nitrogens with zero attached hydrogens (tertiary/aromatic N) is 1. The van der Waals surface area contributed by atoms with Crippen LogP contribution in [0.4, 0.5) is 26.3 Å². The van der Waals surface area contributed by atoms with Gasteiger partial charge in [-0.25, -0.2) is 4.39 Å². The summed E-state index contributed by atoms with van der Waals surface area (Å²) >= 11 is 0. The highest BCUT2D eigenvalue weighted by molar-refractivity contribution is 5.41. The molecule has 6 atom stereocenters. The van der Waals surface area contributed by atoms with E-state index in [0.717, 1.165) is 75.6 Å². The van der Waals surface area contributed by atoms with Crippen molar-refractivity contribution in [2.75, 3.05) is 20.1 Å². The second-order valence-electron chi connectivity index (χ2n) is 13.7. The highest BCUT2D eigenvalue weighted by Gasteiger charge is 2.57. The summed E-state index contributed by atoms with van der Waals surface area (Å²) in [5.41, 5.74) is 2.38. The Balaban J connectivity index is 1.17. The first-order chi connectivity index (χ1) is 19.3. The van der Waals surface area contributed by atoms with Gasteiger partial charge in [-0.05, 0) is 118 Å². The van der Waals surface area contributed by atoms with Crippen molar-refractivity contribution in [2.24, 2.45) is 23.2 Å². The van der Waals surface area contributed by atoms with Gasteiger partial charge in [0.05, 0.1) is 0 Å². The van der Waals surface area contributed by atoms with Crippen molar-refractivity contribution in [3.8, 4) is 5.75 Å². The number of rotatable bonds is 14. The minimum absolute atomic E-state index is 0.0483. The largest absolute Gasteiger partial charge is 0.508 e. The average Bonchev–Trinajstić information content (AvgIpc) is 3.27. The van der Waals surface area contributed by atoms with Crippen LogP contribution < -0.4 is 0 Å². The van der Waals surface area contributed by atoms with E-state index in [1.54, 1.807) is 6.07 Å². The van der Waals surface area contributed by atoms with Crippen molar-refractivity contribution in [1.82, 2.24) is 4.90 Å². The lowest BCUT2D eigenvalue weighted by Crippen LogP contribution is -2.48. The van der Waals surface area contributed by atoms with Crippen LogP contribution in [0.1, 0.15) is 114 Å². The zero-order valence-electron chi connectivity index (χ0n) is 24.8. The highest BCUT2D eigenvalue weighted by atomic mass is 19.4. The molecule has 0 spiro atoms. The molecule has 0 saturated heterocycles. The average molecular weight is 590 g/mol. The first-order valence-corrected chi connectivity index (χ1v) is 15.9. The van der Waals surface area contributed by atoms with E-state index in [4.69, 9.17) is 0 Å². The number of hydrogen-bond donors (Lipinski definition) is 1. The summed E-state index contributed by atoms with van der Waals surface area (Å²) in [6, 6.07) is 5.56. The number of benzene rings is 1. The van der Waals surface area contributed by atoms with E-state index in [2.05, 4.69) is 18.9 Å². The molecule has 0 radical (unpaired) electrons. The smallest absolute Gasteiger partial charge is 0.453 e. The molecule has 1 N–H and O–H groups in total. The second kappa shape index (κ2) is 13.5. The topological polar surface area (TPSA) is 23.5 Å². The molecule has 0 aromatic heterocycles. The Morgan fingerprint density at radius 3 is 2.32 bits per heavy atom. The first kappa shape index (κ1) is 32.5. The number of aromatic hydroxyl groups is 1. The molecule has 3 aliphatic carbocycles. The monoisotopic (exact) mass is 589 g/mol. The van der Waals surface area contributed by atoms with Crippen LogP contribution >= 0.6 is 0 Å². The SMILES string of the molecule is CN(CCCCCCCC(F)(F)C(F)(F)F)CCCCCC1Cc2cc(O)ccc2C2C1C1CCC[C@@]1(C)C[C@@H]2F. The fourth-order valence-corrected chi connectivity index (χ4v) is 8.54. The Hall–Kier alpha value is -1.44.